The van der Waals surface area contributed by atoms with E-state index in [1.54, 1.807) is 11.8 Å². The van der Waals surface area contributed by atoms with Gasteiger partial charge in [0.15, 0.2) is 0 Å². The molecule has 0 fully saturated rings. The Labute approximate surface area is 118 Å². The fraction of sp³-hybridized carbons (Fsp3) is 0.467. The van der Waals surface area contributed by atoms with E-state index in [1.165, 1.54) is 5.56 Å². The van der Waals surface area contributed by atoms with Gasteiger partial charge in [-0.05, 0) is 30.4 Å². The van der Waals surface area contributed by atoms with Crippen LogP contribution < -0.4 is 5.32 Å². The third-order valence-electron chi connectivity index (χ3n) is 3.65. The molecular formula is C15H20N2O3. The molecule has 0 bridgehead atoms. The lowest BCUT2D eigenvalue weighted by Gasteiger charge is -2.23. The summed E-state index contributed by atoms with van der Waals surface area (Å²) in [5, 5.41) is 11.6. The highest BCUT2D eigenvalue weighted by molar-refractivity contribution is 5.82. The van der Waals surface area contributed by atoms with E-state index >= 15 is 0 Å². The number of fused-ring (bicyclic) bond motifs is 1. The summed E-state index contributed by atoms with van der Waals surface area (Å²) in [4.78, 5) is 24.9. The Morgan fingerprint density at radius 2 is 2.05 bits per heavy atom. The van der Waals surface area contributed by atoms with E-state index in [9.17, 15) is 9.59 Å². The second-order valence-corrected chi connectivity index (χ2v) is 5.04. The molecule has 2 rings (SSSR count). The molecular weight excluding hydrogens is 256 g/mol. The van der Waals surface area contributed by atoms with Crippen molar-refractivity contribution in [2.45, 2.75) is 38.8 Å². The van der Waals surface area contributed by atoms with Crippen LogP contribution in [0.3, 0.4) is 0 Å². The number of benzene rings is 1. The number of aryl methyl sites for hydroxylation is 1. The zero-order valence-corrected chi connectivity index (χ0v) is 11.6. The average Bonchev–Trinajstić information content (AvgIpc) is 2.66. The fourth-order valence-corrected chi connectivity index (χ4v) is 2.45. The van der Waals surface area contributed by atoms with Gasteiger partial charge in [-0.3, -0.25) is 0 Å². The first-order chi connectivity index (χ1) is 9.61. The summed E-state index contributed by atoms with van der Waals surface area (Å²) < 4.78 is 0. The normalized spacial score (nSPS) is 15.9. The number of aliphatic carboxylic acids is 1. The molecule has 0 saturated carbocycles. The van der Waals surface area contributed by atoms with E-state index in [4.69, 9.17) is 5.11 Å². The van der Waals surface area contributed by atoms with Gasteiger partial charge in [0.05, 0.1) is 0 Å². The number of hydrogen-bond donors (Lipinski definition) is 2. The Morgan fingerprint density at radius 1 is 1.35 bits per heavy atom. The standard InChI is InChI=1S/C15H20N2O3/c1-2-13(14(18)19)16-15(20)17-9-5-8-11-6-3-4-7-12(11)10-17/h3-4,6-7,13H,2,5,8-10H2,1H3,(H,16,20)(H,18,19)/t13-/m0/s1. The van der Waals surface area contributed by atoms with Crippen LogP contribution in [-0.4, -0.2) is 34.6 Å². The van der Waals surface area contributed by atoms with Gasteiger partial charge in [0.1, 0.15) is 6.04 Å². The minimum absolute atomic E-state index is 0.295. The number of rotatable bonds is 3. The van der Waals surface area contributed by atoms with E-state index in [1.807, 2.05) is 18.2 Å². The summed E-state index contributed by atoms with van der Waals surface area (Å²) in [7, 11) is 0. The van der Waals surface area contributed by atoms with Crippen LogP contribution in [0, 0.1) is 0 Å². The van der Waals surface area contributed by atoms with Gasteiger partial charge in [0, 0.05) is 13.1 Å². The van der Waals surface area contributed by atoms with Crippen LogP contribution in [0.2, 0.25) is 0 Å². The maximum atomic E-state index is 12.2. The number of carboxylic acids is 1. The topological polar surface area (TPSA) is 69.6 Å². The number of amides is 2. The Hall–Kier alpha value is -2.04. The van der Waals surface area contributed by atoms with Crippen LogP contribution in [0.25, 0.3) is 0 Å². The molecule has 0 spiro atoms. The molecule has 1 aromatic carbocycles. The maximum Gasteiger partial charge on any atom is 0.326 e. The highest BCUT2D eigenvalue weighted by Crippen LogP contribution is 2.18. The van der Waals surface area contributed by atoms with Crippen LogP contribution in [0.4, 0.5) is 4.79 Å². The highest BCUT2D eigenvalue weighted by atomic mass is 16.4. The largest absolute Gasteiger partial charge is 0.480 e. The second kappa shape index (κ2) is 6.41. The molecule has 1 atom stereocenters. The predicted octanol–water partition coefficient (Wildman–Crippen LogP) is 2.01. The molecule has 1 aromatic rings. The summed E-state index contributed by atoms with van der Waals surface area (Å²) >= 11 is 0. The van der Waals surface area contributed by atoms with Gasteiger partial charge in [-0.1, -0.05) is 31.2 Å². The lowest BCUT2D eigenvalue weighted by atomic mass is 10.0. The van der Waals surface area contributed by atoms with Crippen LogP contribution in [0.5, 0.6) is 0 Å². The number of nitrogens with one attached hydrogen (secondary N) is 1. The molecule has 0 saturated heterocycles. The van der Waals surface area contributed by atoms with E-state index in [0.717, 1.165) is 18.4 Å². The van der Waals surface area contributed by atoms with Crippen molar-refractivity contribution in [1.82, 2.24) is 10.2 Å². The first-order valence-corrected chi connectivity index (χ1v) is 6.97. The lowest BCUT2D eigenvalue weighted by molar-refractivity contribution is -0.139. The van der Waals surface area contributed by atoms with Crippen LogP contribution in [-0.2, 0) is 17.8 Å². The van der Waals surface area contributed by atoms with Gasteiger partial charge >= 0.3 is 12.0 Å². The molecule has 0 radical (unpaired) electrons. The molecule has 20 heavy (non-hydrogen) atoms. The minimum atomic E-state index is -0.990. The summed E-state index contributed by atoms with van der Waals surface area (Å²) in [6.07, 6.45) is 2.23. The molecule has 1 aliphatic heterocycles. The Kier molecular flexibility index (Phi) is 4.61. The summed E-state index contributed by atoms with van der Waals surface area (Å²) in [5.41, 5.74) is 2.41. The predicted molar refractivity (Wildman–Crippen MR) is 75.4 cm³/mol. The molecule has 2 amide bonds. The monoisotopic (exact) mass is 276 g/mol. The van der Waals surface area contributed by atoms with E-state index < -0.39 is 12.0 Å². The second-order valence-electron chi connectivity index (χ2n) is 5.04. The molecule has 0 aromatic heterocycles. The van der Waals surface area contributed by atoms with Crippen molar-refractivity contribution in [1.29, 1.82) is 0 Å². The van der Waals surface area contributed by atoms with Gasteiger partial charge in [0.25, 0.3) is 0 Å². The molecule has 0 aliphatic carbocycles. The van der Waals surface area contributed by atoms with E-state index in [2.05, 4.69) is 11.4 Å². The number of carbonyl (C=O) groups is 2. The number of nitrogens with zero attached hydrogens (tertiary/aromatic N) is 1. The number of urea groups is 1. The average molecular weight is 276 g/mol. The molecule has 0 unspecified atom stereocenters. The van der Waals surface area contributed by atoms with Crippen molar-refractivity contribution >= 4 is 12.0 Å². The van der Waals surface area contributed by atoms with E-state index in [-0.39, 0.29) is 6.03 Å². The van der Waals surface area contributed by atoms with Crippen molar-refractivity contribution in [2.75, 3.05) is 6.54 Å². The maximum absolute atomic E-state index is 12.2. The number of carbonyl (C=O) groups excluding carboxylic acids is 1. The minimum Gasteiger partial charge on any atom is -0.480 e. The molecule has 108 valence electrons. The molecule has 5 heteroatoms. The van der Waals surface area contributed by atoms with E-state index in [0.29, 0.717) is 19.5 Å². The SMILES string of the molecule is CC[C@H](NC(=O)N1CCCc2ccccc2C1)C(=O)O. The first-order valence-electron chi connectivity index (χ1n) is 6.97. The zero-order valence-electron chi connectivity index (χ0n) is 11.6. The van der Waals surface area contributed by atoms with Crippen molar-refractivity contribution in [3.8, 4) is 0 Å². The lowest BCUT2D eigenvalue weighted by Crippen LogP contribution is -2.47. The van der Waals surface area contributed by atoms with Gasteiger partial charge in [0.2, 0.25) is 0 Å². The summed E-state index contributed by atoms with van der Waals surface area (Å²) in [5.74, 6) is -0.990. The third kappa shape index (κ3) is 3.29. The van der Waals surface area contributed by atoms with Crippen molar-refractivity contribution in [3.63, 3.8) is 0 Å². The number of hydrogen-bond acceptors (Lipinski definition) is 2. The van der Waals surface area contributed by atoms with Crippen LogP contribution in [0.15, 0.2) is 24.3 Å². The smallest absolute Gasteiger partial charge is 0.326 e. The molecule has 2 N–H and O–H groups in total. The summed E-state index contributed by atoms with van der Waals surface area (Å²) in [6, 6.07) is 6.97. The van der Waals surface area contributed by atoms with Gasteiger partial charge in [-0.2, -0.15) is 0 Å². The van der Waals surface area contributed by atoms with Crippen LogP contribution in [0.1, 0.15) is 30.9 Å². The molecule has 1 heterocycles. The highest BCUT2D eigenvalue weighted by Gasteiger charge is 2.23. The summed E-state index contributed by atoms with van der Waals surface area (Å²) in [6.45, 7) is 2.94. The quantitative estimate of drug-likeness (QED) is 0.887. The van der Waals surface area contributed by atoms with Gasteiger partial charge in [-0.25, -0.2) is 9.59 Å². The fourth-order valence-electron chi connectivity index (χ4n) is 2.45. The zero-order chi connectivity index (χ0) is 14.5. The Bertz CT molecular complexity index is 502. The van der Waals surface area contributed by atoms with Crippen molar-refractivity contribution < 1.29 is 14.7 Å². The Balaban J connectivity index is 2.06. The molecule has 5 nitrogen and oxygen atoms in total. The Morgan fingerprint density at radius 3 is 2.70 bits per heavy atom. The molecule has 1 aliphatic rings. The third-order valence-corrected chi connectivity index (χ3v) is 3.65. The van der Waals surface area contributed by atoms with Gasteiger partial charge < -0.3 is 15.3 Å². The van der Waals surface area contributed by atoms with Crippen LogP contribution >= 0.6 is 0 Å². The van der Waals surface area contributed by atoms with Gasteiger partial charge in [-0.15, -0.1) is 0 Å². The number of carboxylic acid groups (broad SMARTS) is 1. The van der Waals surface area contributed by atoms with Crippen molar-refractivity contribution in [2.24, 2.45) is 0 Å². The van der Waals surface area contributed by atoms with Crippen molar-refractivity contribution in [3.05, 3.63) is 35.4 Å². The first kappa shape index (κ1) is 14.4.